The Hall–Kier alpha value is -2.41. The summed E-state index contributed by atoms with van der Waals surface area (Å²) in [6.45, 7) is 1.73. The molecule has 0 aliphatic heterocycles. The number of hydrogen-bond donors (Lipinski definition) is 0. The maximum Gasteiger partial charge on any atom is 0.167 e. The third-order valence-electron chi connectivity index (χ3n) is 2.70. The predicted molar refractivity (Wildman–Crippen MR) is 66.6 cm³/mol. The maximum absolute atomic E-state index is 13.7. The lowest BCUT2D eigenvalue weighted by Crippen LogP contribution is -1.99. The maximum atomic E-state index is 13.7. The Balaban J connectivity index is 2.15. The zero-order chi connectivity index (χ0) is 13.8. The molecule has 0 aliphatic carbocycles. The fourth-order valence-corrected chi connectivity index (χ4v) is 1.64. The van der Waals surface area contributed by atoms with Crippen molar-refractivity contribution < 1.29 is 13.5 Å². The number of aryl methyl sites for hydroxylation is 1. The number of nitriles is 1. The van der Waals surface area contributed by atoms with Gasteiger partial charge in [-0.05, 0) is 36.2 Å². The molecular formula is C15H11F2NO. The molecule has 2 nitrogen and oxygen atoms in total. The molecule has 0 saturated carbocycles. The van der Waals surface area contributed by atoms with Crippen molar-refractivity contribution in [2.45, 2.75) is 13.5 Å². The van der Waals surface area contributed by atoms with E-state index in [1.54, 1.807) is 25.1 Å². The zero-order valence-electron chi connectivity index (χ0n) is 10.3. The van der Waals surface area contributed by atoms with Crippen molar-refractivity contribution in [2.75, 3.05) is 0 Å². The van der Waals surface area contributed by atoms with Crippen LogP contribution in [0.15, 0.2) is 36.4 Å². The summed E-state index contributed by atoms with van der Waals surface area (Å²) < 4.78 is 32.1. The monoisotopic (exact) mass is 259 g/mol. The average Bonchev–Trinajstić information content (AvgIpc) is 2.42. The van der Waals surface area contributed by atoms with Crippen LogP contribution in [0.2, 0.25) is 0 Å². The van der Waals surface area contributed by atoms with E-state index >= 15 is 0 Å². The van der Waals surface area contributed by atoms with Gasteiger partial charge < -0.3 is 4.74 Å². The molecule has 0 bridgehead atoms. The van der Waals surface area contributed by atoms with Gasteiger partial charge in [0.05, 0.1) is 5.56 Å². The lowest BCUT2D eigenvalue weighted by Gasteiger charge is -2.09. The molecule has 0 unspecified atom stereocenters. The Morgan fingerprint density at radius 2 is 2.00 bits per heavy atom. The first-order valence-electron chi connectivity index (χ1n) is 5.68. The van der Waals surface area contributed by atoms with Crippen molar-refractivity contribution in [1.29, 1.82) is 5.26 Å². The second-order valence-electron chi connectivity index (χ2n) is 4.10. The fraction of sp³-hybridized carbons (Fsp3) is 0.133. The largest absolute Gasteiger partial charge is 0.486 e. The van der Waals surface area contributed by atoms with Gasteiger partial charge in [-0.25, -0.2) is 8.78 Å². The summed E-state index contributed by atoms with van der Waals surface area (Å²) in [5, 5.41) is 8.72. The van der Waals surface area contributed by atoms with Gasteiger partial charge in [0.1, 0.15) is 18.5 Å². The highest BCUT2D eigenvalue weighted by Crippen LogP contribution is 2.21. The van der Waals surface area contributed by atoms with Crippen LogP contribution in [0.5, 0.6) is 5.75 Å². The van der Waals surface area contributed by atoms with Gasteiger partial charge in [-0.3, -0.25) is 0 Å². The summed E-state index contributed by atoms with van der Waals surface area (Å²) >= 11 is 0. The number of halogens is 2. The molecule has 0 N–H and O–H groups in total. The molecule has 0 saturated heterocycles. The van der Waals surface area contributed by atoms with E-state index in [9.17, 15) is 8.78 Å². The summed E-state index contributed by atoms with van der Waals surface area (Å²) in [7, 11) is 0. The molecular weight excluding hydrogens is 248 g/mol. The molecule has 0 aromatic heterocycles. The van der Waals surface area contributed by atoms with Crippen LogP contribution in [0.1, 0.15) is 16.7 Å². The van der Waals surface area contributed by atoms with Crippen LogP contribution in [-0.2, 0) is 6.61 Å². The first-order chi connectivity index (χ1) is 9.11. The van der Waals surface area contributed by atoms with Gasteiger partial charge in [0.2, 0.25) is 0 Å². The summed E-state index contributed by atoms with van der Waals surface area (Å²) in [6, 6.07) is 10.7. The van der Waals surface area contributed by atoms with Gasteiger partial charge in [-0.15, -0.1) is 0 Å². The van der Waals surface area contributed by atoms with Crippen LogP contribution in [0, 0.1) is 29.9 Å². The van der Waals surface area contributed by atoms with E-state index < -0.39 is 11.6 Å². The topological polar surface area (TPSA) is 33.0 Å². The van der Waals surface area contributed by atoms with Crippen molar-refractivity contribution in [1.82, 2.24) is 0 Å². The number of rotatable bonds is 3. The Morgan fingerprint density at radius 3 is 2.74 bits per heavy atom. The molecule has 96 valence electrons. The average molecular weight is 259 g/mol. The van der Waals surface area contributed by atoms with Crippen LogP contribution < -0.4 is 4.74 Å². The second kappa shape index (κ2) is 5.49. The molecule has 0 radical (unpaired) electrons. The minimum absolute atomic E-state index is 0.0502. The first kappa shape index (κ1) is 13.0. The van der Waals surface area contributed by atoms with E-state index in [0.29, 0.717) is 11.1 Å². The van der Waals surface area contributed by atoms with Crippen molar-refractivity contribution in [3.05, 3.63) is 64.7 Å². The van der Waals surface area contributed by atoms with Crippen molar-refractivity contribution in [3.8, 4) is 11.8 Å². The highest BCUT2D eigenvalue weighted by Gasteiger charge is 2.07. The van der Waals surface area contributed by atoms with Gasteiger partial charge in [0, 0.05) is 0 Å². The van der Waals surface area contributed by atoms with E-state index in [4.69, 9.17) is 10.00 Å². The molecule has 4 heteroatoms. The van der Waals surface area contributed by atoms with Gasteiger partial charge in [0.25, 0.3) is 0 Å². The minimum Gasteiger partial charge on any atom is -0.486 e. The van der Waals surface area contributed by atoms with Crippen LogP contribution in [0.4, 0.5) is 8.78 Å². The summed E-state index contributed by atoms with van der Waals surface area (Å²) in [6.07, 6.45) is 0. The number of benzene rings is 2. The van der Waals surface area contributed by atoms with E-state index in [2.05, 4.69) is 0 Å². The highest BCUT2D eigenvalue weighted by atomic mass is 19.1. The SMILES string of the molecule is Cc1cccc(OCc2ccc(F)c(C#N)c2)c1F. The first-order valence-corrected chi connectivity index (χ1v) is 5.68. The lowest BCUT2D eigenvalue weighted by atomic mass is 10.1. The third kappa shape index (κ3) is 2.89. The smallest absolute Gasteiger partial charge is 0.167 e. The molecule has 0 spiro atoms. The van der Waals surface area contributed by atoms with E-state index in [-0.39, 0.29) is 17.9 Å². The van der Waals surface area contributed by atoms with Crippen LogP contribution >= 0.6 is 0 Å². The molecule has 0 heterocycles. The summed E-state index contributed by atoms with van der Waals surface area (Å²) in [4.78, 5) is 0. The van der Waals surface area contributed by atoms with Crippen molar-refractivity contribution in [3.63, 3.8) is 0 Å². The molecule has 0 aliphatic rings. The Labute approximate surface area is 109 Å². The Bertz CT molecular complexity index is 647. The van der Waals surface area contributed by atoms with Gasteiger partial charge in [0.15, 0.2) is 11.6 Å². The summed E-state index contributed by atoms with van der Waals surface area (Å²) in [5.74, 6) is -0.846. The molecule has 0 amide bonds. The molecule has 2 rings (SSSR count). The van der Waals surface area contributed by atoms with E-state index in [1.807, 2.05) is 0 Å². The van der Waals surface area contributed by atoms with Gasteiger partial charge in [-0.2, -0.15) is 5.26 Å². The normalized spacial score (nSPS) is 10.0. The van der Waals surface area contributed by atoms with Gasteiger partial charge in [-0.1, -0.05) is 18.2 Å². The highest BCUT2D eigenvalue weighted by molar-refractivity contribution is 5.35. The minimum atomic E-state index is -0.576. The fourth-order valence-electron chi connectivity index (χ4n) is 1.64. The van der Waals surface area contributed by atoms with Crippen LogP contribution in [0.25, 0.3) is 0 Å². The van der Waals surface area contributed by atoms with Crippen molar-refractivity contribution in [2.24, 2.45) is 0 Å². The van der Waals surface area contributed by atoms with Crippen LogP contribution in [0.3, 0.4) is 0 Å². The second-order valence-corrected chi connectivity index (χ2v) is 4.10. The third-order valence-corrected chi connectivity index (χ3v) is 2.70. The zero-order valence-corrected chi connectivity index (χ0v) is 10.3. The van der Waals surface area contributed by atoms with Crippen LogP contribution in [-0.4, -0.2) is 0 Å². The van der Waals surface area contributed by atoms with Gasteiger partial charge >= 0.3 is 0 Å². The molecule has 0 atom stereocenters. The Morgan fingerprint density at radius 1 is 1.21 bits per heavy atom. The Kier molecular flexibility index (Phi) is 3.76. The van der Waals surface area contributed by atoms with E-state index in [1.165, 1.54) is 24.3 Å². The molecule has 19 heavy (non-hydrogen) atoms. The molecule has 0 fully saturated rings. The standard InChI is InChI=1S/C15H11F2NO/c1-10-3-2-4-14(15(10)17)19-9-11-5-6-13(16)12(7-11)8-18/h2-7H,9H2,1H3. The van der Waals surface area contributed by atoms with Crippen molar-refractivity contribution >= 4 is 0 Å². The quantitative estimate of drug-likeness (QED) is 0.841. The van der Waals surface area contributed by atoms with E-state index in [0.717, 1.165) is 0 Å². The molecule has 2 aromatic rings. The number of nitrogens with zero attached hydrogens (tertiary/aromatic N) is 1. The predicted octanol–water partition coefficient (Wildman–Crippen LogP) is 3.72. The number of hydrogen-bond acceptors (Lipinski definition) is 2. The number of ether oxygens (including phenoxy) is 1. The lowest BCUT2D eigenvalue weighted by molar-refractivity contribution is 0.289. The summed E-state index contributed by atoms with van der Waals surface area (Å²) in [5.41, 5.74) is 1.05. The molecule has 2 aromatic carbocycles.